The van der Waals surface area contributed by atoms with Crippen LogP contribution in [-0.4, -0.2) is 52.8 Å². The molecule has 0 aliphatic carbocycles. The van der Waals surface area contributed by atoms with Gasteiger partial charge >= 0.3 is 0 Å². The van der Waals surface area contributed by atoms with Gasteiger partial charge in [0, 0.05) is 36.4 Å². The van der Waals surface area contributed by atoms with Crippen molar-refractivity contribution in [2.45, 2.75) is 13.8 Å². The van der Waals surface area contributed by atoms with E-state index in [2.05, 4.69) is 34.0 Å². The highest BCUT2D eigenvalue weighted by Gasteiger charge is 2.12. The van der Waals surface area contributed by atoms with E-state index in [4.69, 9.17) is 9.47 Å². The molecule has 8 nitrogen and oxygen atoms in total. The lowest BCUT2D eigenvalue weighted by atomic mass is 10.1. The van der Waals surface area contributed by atoms with Crippen LogP contribution >= 0.6 is 0 Å². The number of pyridine rings is 1. The number of methoxy groups -OCH3 is 1. The van der Waals surface area contributed by atoms with E-state index in [1.807, 2.05) is 54.6 Å². The van der Waals surface area contributed by atoms with Crippen LogP contribution in [0.4, 0.5) is 11.6 Å². The van der Waals surface area contributed by atoms with Crippen molar-refractivity contribution >= 4 is 22.7 Å². The van der Waals surface area contributed by atoms with Crippen LogP contribution in [0.15, 0.2) is 65.6 Å². The lowest BCUT2D eigenvalue weighted by molar-refractivity contribution is 0.223. The lowest BCUT2D eigenvalue weighted by Gasteiger charge is -2.18. The first-order valence-corrected chi connectivity index (χ1v) is 11.8. The summed E-state index contributed by atoms with van der Waals surface area (Å²) in [5.74, 6) is 1.97. The van der Waals surface area contributed by atoms with Crippen LogP contribution in [0.1, 0.15) is 13.8 Å². The number of benzene rings is 2. The van der Waals surface area contributed by atoms with Gasteiger partial charge in [0.1, 0.15) is 23.8 Å². The number of hydrogen-bond acceptors (Lipinski definition) is 7. The average Bonchev–Trinajstić information content (AvgIpc) is 2.90. The molecule has 0 spiro atoms. The summed E-state index contributed by atoms with van der Waals surface area (Å²) in [6.45, 7) is 7.88. The summed E-state index contributed by atoms with van der Waals surface area (Å²) in [4.78, 5) is 24.4. The van der Waals surface area contributed by atoms with E-state index in [-0.39, 0.29) is 5.56 Å². The Kier molecular flexibility index (Phi) is 7.62. The number of hydrogen-bond donors (Lipinski definition) is 1. The minimum atomic E-state index is -0.126. The third-order valence-corrected chi connectivity index (χ3v) is 6.03. The normalized spacial score (nSPS) is 11.1. The summed E-state index contributed by atoms with van der Waals surface area (Å²) in [5.41, 5.74) is 2.67. The number of aromatic nitrogens is 3. The molecule has 1 N–H and O–H groups in total. The highest BCUT2D eigenvalue weighted by Crippen LogP contribution is 2.24. The third kappa shape index (κ3) is 5.60. The van der Waals surface area contributed by atoms with Gasteiger partial charge in [0.05, 0.1) is 7.11 Å². The van der Waals surface area contributed by atoms with Gasteiger partial charge < -0.3 is 19.7 Å². The summed E-state index contributed by atoms with van der Waals surface area (Å²) in [6.07, 6.45) is 1.72. The molecule has 0 amide bonds. The Labute approximate surface area is 205 Å². The van der Waals surface area contributed by atoms with Crippen LogP contribution in [0.2, 0.25) is 0 Å². The van der Waals surface area contributed by atoms with Gasteiger partial charge in [-0.1, -0.05) is 26.0 Å². The third-order valence-electron chi connectivity index (χ3n) is 6.03. The van der Waals surface area contributed by atoms with Crippen molar-refractivity contribution in [1.29, 1.82) is 0 Å². The van der Waals surface area contributed by atoms with Crippen molar-refractivity contribution in [3.05, 3.63) is 71.1 Å². The van der Waals surface area contributed by atoms with Crippen LogP contribution in [0.3, 0.4) is 0 Å². The number of nitrogens with one attached hydrogen (secondary N) is 1. The van der Waals surface area contributed by atoms with Crippen molar-refractivity contribution < 1.29 is 9.47 Å². The minimum Gasteiger partial charge on any atom is -0.497 e. The van der Waals surface area contributed by atoms with Gasteiger partial charge in [-0.2, -0.15) is 4.98 Å². The molecule has 0 bridgehead atoms. The fourth-order valence-electron chi connectivity index (χ4n) is 3.88. The molecule has 35 heavy (non-hydrogen) atoms. The quantitative estimate of drug-likeness (QED) is 0.364. The zero-order chi connectivity index (χ0) is 24.8. The summed E-state index contributed by atoms with van der Waals surface area (Å²) in [5, 5.41) is 3.98. The van der Waals surface area contributed by atoms with Crippen molar-refractivity contribution in [1.82, 2.24) is 19.4 Å². The van der Waals surface area contributed by atoms with Crippen LogP contribution in [-0.2, 0) is 7.05 Å². The first-order chi connectivity index (χ1) is 17.0. The molecule has 0 radical (unpaired) electrons. The summed E-state index contributed by atoms with van der Waals surface area (Å²) < 4.78 is 12.6. The molecule has 8 heteroatoms. The first-order valence-electron chi connectivity index (χ1n) is 11.8. The lowest BCUT2D eigenvalue weighted by Crippen LogP contribution is -2.27. The number of fused-ring (bicyclic) bond motifs is 1. The Hall–Kier alpha value is -3.91. The van der Waals surface area contributed by atoms with E-state index >= 15 is 0 Å². The van der Waals surface area contributed by atoms with Gasteiger partial charge in [-0.25, -0.2) is 4.98 Å². The number of aryl methyl sites for hydroxylation is 1. The molecule has 2 aromatic carbocycles. The smallest absolute Gasteiger partial charge is 0.259 e. The molecule has 4 rings (SSSR count). The second-order valence-corrected chi connectivity index (χ2v) is 8.15. The highest BCUT2D eigenvalue weighted by atomic mass is 16.5. The summed E-state index contributed by atoms with van der Waals surface area (Å²) >= 11 is 0. The number of rotatable bonds is 10. The van der Waals surface area contributed by atoms with E-state index in [0.29, 0.717) is 23.8 Å². The Balaban J connectivity index is 1.49. The van der Waals surface area contributed by atoms with Gasteiger partial charge in [0.2, 0.25) is 5.95 Å². The SMILES string of the molecule is CCN(CC)CCOc1ccc(Nc2ncc3cc(-c4ccc(OC)cc4)c(=O)n(C)c3n2)cc1. The second kappa shape index (κ2) is 11.0. The van der Waals surface area contributed by atoms with E-state index in [1.54, 1.807) is 24.9 Å². The van der Waals surface area contributed by atoms with Gasteiger partial charge in [-0.3, -0.25) is 9.36 Å². The van der Waals surface area contributed by atoms with E-state index in [0.717, 1.165) is 47.8 Å². The average molecular weight is 474 g/mol. The van der Waals surface area contributed by atoms with Crippen molar-refractivity contribution in [2.24, 2.45) is 7.05 Å². The number of nitrogens with zero attached hydrogens (tertiary/aromatic N) is 4. The molecule has 0 saturated carbocycles. The standard InChI is InChI=1S/C27H31N5O3/c1-5-32(6-2)15-16-35-23-13-9-21(10-14-23)29-27-28-18-20-17-24(26(33)31(3)25(20)30-27)19-7-11-22(34-4)12-8-19/h7-14,17-18H,5-6,15-16H2,1-4H3,(H,28,29,30). The molecular formula is C27H31N5O3. The Bertz CT molecular complexity index is 1330. The molecule has 0 fully saturated rings. The monoisotopic (exact) mass is 473 g/mol. The Morgan fingerprint density at radius 2 is 1.69 bits per heavy atom. The zero-order valence-electron chi connectivity index (χ0n) is 20.6. The van der Waals surface area contributed by atoms with E-state index < -0.39 is 0 Å². The van der Waals surface area contributed by atoms with Crippen LogP contribution in [0, 0.1) is 0 Å². The van der Waals surface area contributed by atoms with E-state index in [1.165, 1.54) is 0 Å². The van der Waals surface area contributed by atoms with Crippen LogP contribution in [0.25, 0.3) is 22.2 Å². The topological polar surface area (TPSA) is 81.5 Å². The molecule has 2 aromatic heterocycles. The Morgan fingerprint density at radius 1 is 1.00 bits per heavy atom. The molecule has 0 aliphatic heterocycles. The van der Waals surface area contributed by atoms with Crippen LogP contribution < -0.4 is 20.3 Å². The molecular weight excluding hydrogens is 442 g/mol. The minimum absolute atomic E-state index is 0.126. The largest absolute Gasteiger partial charge is 0.497 e. The molecule has 2 heterocycles. The maximum absolute atomic E-state index is 13.0. The zero-order valence-corrected chi connectivity index (χ0v) is 20.6. The Morgan fingerprint density at radius 3 is 2.34 bits per heavy atom. The van der Waals surface area contributed by atoms with E-state index in [9.17, 15) is 4.79 Å². The fraction of sp³-hybridized carbons (Fsp3) is 0.296. The fourth-order valence-corrected chi connectivity index (χ4v) is 3.88. The summed E-state index contributed by atoms with van der Waals surface area (Å²) in [6, 6.07) is 16.9. The first kappa shape index (κ1) is 24.2. The second-order valence-electron chi connectivity index (χ2n) is 8.15. The van der Waals surface area contributed by atoms with Gasteiger partial charge in [0.25, 0.3) is 5.56 Å². The molecule has 0 atom stereocenters. The maximum atomic E-state index is 13.0. The molecule has 0 unspecified atom stereocenters. The highest BCUT2D eigenvalue weighted by molar-refractivity contribution is 5.81. The predicted octanol–water partition coefficient (Wildman–Crippen LogP) is 4.47. The summed E-state index contributed by atoms with van der Waals surface area (Å²) in [7, 11) is 3.34. The maximum Gasteiger partial charge on any atom is 0.259 e. The number of ether oxygens (including phenoxy) is 2. The van der Waals surface area contributed by atoms with Gasteiger partial charge in [-0.15, -0.1) is 0 Å². The molecule has 4 aromatic rings. The number of likely N-dealkylation sites (N-methyl/N-ethyl adjacent to an activating group) is 1. The van der Waals surface area contributed by atoms with Crippen LogP contribution in [0.5, 0.6) is 11.5 Å². The van der Waals surface area contributed by atoms with Gasteiger partial charge in [-0.05, 0) is 61.1 Å². The number of anilines is 2. The predicted molar refractivity (Wildman–Crippen MR) is 140 cm³/mol. The molecule has 0 saturated heterocycles. The van der Waals surface area contributed by atoms with Crippen molar-refractivity contribution in [3.63, 3.8) is 0 Å². The van der Waals surface area contributed by atoms with Crippen molar-refractivity contribution in [3.8, 4) is 22.6 Å². The molecule has 182 valence electrons. The van der Waals surface area contributed by atoms with Gasteiger partial charge in [0.15, 0.2) is 0 Å². The van der Waals surface area contributed by atoms with Crippen molar-refractivity contribution in [2.75, 3.05) is 38.7 Å². The molecule has 0 aliphatic rings.